The van der Waals surface area contributed by atoms with Crippen molar-refractivity contribution in [3.05, 3.63) is 107 Å². The highest BCUT2D eigenvalue weighted by Crippen LogP contribution is 2.46. The van der Waals surface area contributed by atoms with Crippen LogP contribution >= 0.6 is 0 Å². The Morgan fingerprint density at radius 2 is 1.62 bits per heavy atom. The molecule has 4 rings (SSSR count). The van der Waals surface area contributed by atoms with Gasteiger partial charge in [0.05, 0.1) is 12.1 Å². The summed E-state index contributed by atoms with van der Waals surface area (Å²) in [4.78, 5) is 12.9. The third kappa shape index (κ3) is 7.46. The summed E-state index contributed by atoms with van der Waals surface area (Å²) >= 11 is 0. The summed E-state index contributed by atoms with van der Waals surface area (Å²) < 4.78 is 27.7. The molecule has 0 unspecified atom stereocenters. The van der Waals surface area contributed by atoms with Crippen LogP contribution in [0.2, 0.25) is 0 Å². The molecule has 196 valence electrons. The van der Waals surface area contributed by atoms with Crippen LogP contribution in [-0.4, -0.2) is 29.7 Å². The lowest BCUT2D eigenvalue weighted by atomic mass is 9.87. The van der Waals surface area contributed by atoms with E-state index < -0.39 is 23.8 Å². The van der Waals surface area contributed by atoms with Gasteiger partial charge in [-0.15, -0.1) is 0 Å². The van der Waals surface area contributed by atoms with Crippen LogP contribution in [0.5, 0.6) is 0 Å². The van der Waals surface area contributed by atoms with Gasteiger partial charge in [-0.25, -0.2) is 8.78 Å². The van der Waals surface area contributed by atoms with Gasteiger partial charge in [0.2, 0.25) is 0 Å². The second-order valence-electron chi connectivity index (χ2n) is 11.4. The molecular weight excluding hydrogens is 470 g/mol. The Bertz CT molecular complexity index is 1200. The molecule has 0 heterocycles. The highest BCUT2D eigenvalue weighted by atomic mass is 19.1. The minimum absolute atomic E-state index is 0.0875. The molecule has 0 aromatic heterocycles. The van der Waals surface area contributed by atoms with Crippen LogP contribution in [0.15, 0.2) is 72.8 Å². The lowest BCUT2D eigenvalue weighted by molar-refractivity contribution is 0.0822. The Hall–Kier alpha value is -3.09. The summed E-state index contributed by atoms with van der Waals surface area (Å²) in [6, 6.07) is 19.8. The zero-order chi connectivity index (χ0) is 26.6. The van der Waals surface area contributed by atoms with Crippen LogP contribution in [0.25, 0.3) is 0 Å². The number of halogens is 2. The summed E-state index contributed by atoms with van der Waals surface area (Å²) in [7, 11) is 0. The fourth-order valence-electron chi connectivity index (χ4n) is 4.83. The van der Waals surface area contributed by atoms with Crippen LogP contribution in [0.1, 0.15) is 60.7 Å². The van der Waals surface area contributed by atoms with Gasteiger partial charge in [0.25, 0.3) is 5.91 Å². The highest BCUT2D eigenvalue weighted by Gasteiger charge is 2.44. The number of aliphatic hydroxyl groups is 1. The molecule has 2 atom stereocenters. The summed E-state index contributed by atoms with van der Waals surface area (Å²) in [5.41, 5.74) is 3.25. The molecule has 1 aliphatic rings. The van der Waals surface area contributed by atoms with Gasteiger partial charge in [0.15, 0.2) is 0 Å². The lowest BCUT2D eigenvalue weighted by Gasteiger charge is -2.28. The molecule has 1 amide bonds. The third-order valence-corrected chi connectivity index (χ3v) is 6.81. The Morgan fingerprint density at radius 1 is 0.946 bits per heavy atom. The minimum atomic E-state index is -0.978. The highest BCUT2D eigenvalue weighted by molar-refractivity contribution is 5.94. The third-order valence-electron chi connectivity index (χ3n) is 6.81. The largest absolute Gasteiger partial charge is 0.390 e. The van der Waals surface area contributed by atoms with Crippen molar-refractivity contribution in [2.24, 2.45) is 5.41 Å². The normalized spacial score (nSPS) is 16.2. The van der Waals surface area contributed by atoms with Gasteiger partial charge in [-0.3, -0.25) is 4.79 Å². The first-order chi connectivity index (χ1) is 17.5. The standard InChI is InChI=1S/C31H36F2N2O2/c1-30(2,3)19-21-8-7-11-24(14-21)31(12-13-31)34-20-28(36)27(17-22-15-25(32)18-26(33)16-22)35-29(37)23-9-5-4-6-10-23/h4-11,14-16,18,27-28,34,36H,12-13,17,19-20H2,1-3H3,(H,35,37)/t27-,28-/m0/s1. The molecule has 1 saturated carbocycles. The van der Waals surface area contributed by atoms with E-state index in [4.69, 9.17) is 0 Å². The molecule has 3 N–H and O–H groups in total. The van der Waals surface area contributed by atoms with Crippen molar-refractivity contribution in [2.45, 2.75) is 64.1 Å². The Kier molecular flexibility index (Phi) is 8.10. The maximum absolute atomic E-state index is 13.8. The average Bonchev–Trinajstić information content (AvgIpc) is 3.62. The molecule has 1 fully saturated rings. The van der Waals surface area contributed by atoms with Crippen LogP contribution in [0.3, 0.4) is 0 Å². The number of hydrogen-bond donors (Lipinski definition) is 3. The van der Waals surface area contributed by atoms with Gasteiger partial charge in [-0.05, 0) is 72.1 Å². The first-order valence-corrected chi connectivity index (χ1v) is 12.9. The molecule has 0 aliphatic heterocycles. The second-order valence-corrected chi connectivity index (χ2v) is 11.4. The van der Waals surface area contributed by atoms with Gasteiger partial charge in [-0.2, -0.15) is 0 Å². The fourth-order valence-corrected chi connectivity index (χ4v) is 4.83. The van der Waals surface area contributed by atoms with Gasteiger partial charge in [-0.1, -0.05) is 63.2 Å². The van der Waals surface area contributed by atoms with Crippen molar-refractivity contribution < 1.29 is 18.7 Å². The predicted molar refractivity (Wildman–Crippen MR) is 142 cm³/mol. The zero-order valence-corrected chi connectivity index (χ0v) is 21.7. The first-order valence-electron chi connectivity index (χ1n) is 12.9. The number of aliphatic hydroxyl groups excluding tert-OH is 1. The van der Waals surface area contributed by atoms with Crippen molar-refractivity contribution in [2.75, 3.05) is 6.54 Å². The molecule has 0 bridgehead atoms. The van der Waals surface area contributed by atoms with Crippen molar-refractivity contribution in [3.8, 4) is 0 Å². The lowest BCUT2D eigenvalue weighted by Crippen LogP contribution is -2.50. The van der Waals surface area contributed by atoms with E-state index in [1.54, 1.807) is 24.3 Å². The molecule has 3 aromatic rings. The first kappa shape index (κ1) is 27.0. The molecule has 3 aromatic carbocycles. The van der Waals surface area contributed by atoms with E-state index in [-0.39, 0.29) is 29.8 Å². The number of carbonyl (C=O) groups excluding carboxylic acids is 1. The summed E-state index contributed by atoms with van der Waals surface area (Å²) in [5.74, 6) is -1.73. The molecule has 6 heteroatoms. The van der Waals surface area contributed by atoms with Crippen LogP contribution in [0, 0.1) is 17.0 Å². The smallest absolute Gasteiger partial charge is 0.251 e. The monoisotopic (exact) mass is 506 g/mol. The SMILES string of the molecule is CC(C)(C)Cc1cccc(C2(NC[C@H](O)[C@H](Cc3cc(F)cc(F)c3)NC(=O)c3ccccc3)CC2)c1. The van der Waals surface area contributed by atoms with E-state index in [0.717, 1.165) is 25.3 Å². The molecule has 37 heavy (non-hydrogen) atoms. The molecule has 4 nitrogen and oxygen atoms in total. The van der Waals surface area contributed by atoms with E-state index in [9.17, 15) is 18.7 Å². The van der Waals surface area contributed by atoms with Crippen molar-refractivity contribution in [3.63, 3.8) is 0 Å². The Balaban J connectivity index is 1.48. The second kappa shape index (κ2) is 11.1. The van der Waals surface area contributed by atoms with Crippen molar-refractivity contribution >= 4 is 5.91 Å². The van der Waals surface area contributed by atoms with Gasteiger partial charge < -0.3 is 15.7 Å². The molecule has 1 aliphatic carbocycles. The topological polar surface area (TPSA) is 61.4 Å². The molecule has 0 spiro atoms. The quantitative estimate of drug-likeness (QED) is 0.339. The average molecular weight is 507 g/mol. The maximum atomic E-state index is 13.8. The summed E-state index contributed by atoms with van der Waals surface area (Å²) in [6.45, 7) is 6.88. The van der Waals surface area contributed by atoms with Gasteiger partial charge in [0, 0.05) is 23.7 Å². The van der Waals surface area contributed by atoms with E-state index in [0.29, 0.717) is 11.1 Å². The van der Waals surface area contributed by atoms with Crippen molar-refractivity contribution in [1.82, 2.24) is 10.6 Å². The molecule has 0 saturated heterocycles. The summed E-state index contributed by atoms with van der Waals surface area (Å²) in [6.07, 6.45) is 1.99. The Labute approximate surface area is 218 Å². The number of hydrogen-bond acceptors (Lipinski definition) is 3. The van der Waals surface area contributed by atoms with Gasteiger partial charge >= 0.3 is 0 Å². The Morgan fingerprint density at radius 3 is 2.24 bits per heavy atom. The van der Waals surface area contributed by atoms with E-state index >= 15 is 0 Å². The number of benzene rings is 3. The maximum Gasteiger partial charge on any atom is 0.251 e. The van der Waals surface area contributed by atoms with Crippen LogP contribution in [0.4, 0.5) is 8.78 Å². The number of rotatable bonds is 10. The summed E-state index contributed by atoms with van der Waals surface area (Å²) in [5, 5.41) is 17.6. The number of amides is 1. The van der Waals surface area contributed by atoms with E-state index in [1.165, 1.54) is 23.3 Å². The van der Waals surface area contributed by atoms with E-state index in [1.807, 2.05) is 6.07 Å². The fraction of sp³-hybridized carbons (Fsp3) is 0.387. The zero-order valence-electron chi connectivity index (χ0n) is 21.7. The van der Waals surface area contributed by atoms with Crippen LogP contribution < -0.4 is 10.6 Å². The number of nitrogens with one attached hydrogen (secondary N) is 2. The van der Waals surface area contributed by atoms with E-state index in [2.05, 4.69) is 55.7 Å². The minimum Gasteiger partial charge on any atom is -0.390 e. The molecule has 0 radical (unpaired) electrons. The molecular formula is C31H36F2N2O2. The number of carbonyl (C=O) groups is 1. The predicted octanol–water partition coefficient (Wildman–Crippen LogP) is 5.53. The van der Waals surface area contributed by atoms with Crippen LogP contribution in [-0.2, 0) is 18.4 Å². The van der Waals surface area contributed by atoms with Gasteiger partial charge in [0.1, 0.15) is 11.6 Å². The van der Waals surface area contributed by atoms with Crippen molar-refractivity contribution in [1.29, 1.82) is 0 Å².